The highest BCUT2D eigenvalue weighted by Gasteiger charge is 2.34. The largest absolute Gasteiger partial charge is 0.397 e. The molecule has 4 aromatic rings. The molecule has 3 aromatic carbocycles. The fourth-order valence-electron chi connectivity index (χ4n) is 6.13. The van der Waals surface area contributed by atoms with Crippen molar-refractivity contribution in [2.45, 2.75) is 50.8 Å². The lowest BCUT2D eigenvalue weighted by Gasteiger charge is -2.40. The van der Waals surface area contributed by atoms with Crippen LogP contribution in [0.1, 0.15) is 54.8 Å². The van der Waals surface area contributed by atoms with Crippen molar-refractivity contribution in [2.75, 3.05) is 54.0 Å². The third kappa shape index (κ3) is 9.39. The Labute approximate surface area is 286 Å². The van der Waals surface area contributed by atoms with E-state index in [9.17, 15) is 14.7 Å². The molecule has 3 heterocycles. The minimum absolute atomic E-state index is 0.0192. The third-order valence-corrected chi connectivity index (χ3v) is 8.77. The first-order valence-corrected chi connectivity index (χ1v) is 16.7. The summed E-state index contributed by atoms with van der Waals surface area (Å²) in [5.41, 5.74) is 10.2. The van der Waals surface area contributed by atoms with Gasteiger partial charge in [0.05, 0.1) is 30.2 Å². The SMILES string of the molecule is Nc1ccccc1NC(=O)CCCC(=O)Nc1cccc([C@@H]2O[C@H](CN3CCN(c4ncccn4)CC3)C[C@H](c3ccc(CO)cc3)O2)c1. The number of amides is 2. The number of benzene rings is 3. The number of aliphatic hydroxyl groups is 1. The summed E-state index contributed by atoms with van der Waals surface area (Å²) in [6.07, 6.45) is 4.03. The summed E-state index contributed by atoms with van der Waals surface area (Å²) < 4.78 is 13.1. The molecule has 2 aliphatic heterocycles. The first-order valence-electron chi connectivity index (χ1n) is 16.7. The first-order chi connectivity index (χ1) is 23.9. The Morgan fingerprint density at radius 2 is 1.57 bits per heavy atom. The average Bonchev–Trinajstić information content (AvgIpc) is 3.13. The van der Waals surface area contributed by atoms with Crippen LogP contribution >= 0.6 is 0 Å². The fourth-order valence-corrected chi connectivity index (χ4v) is 6.13. The molecule has 0 saturated carbocycles. The molecule has 12 heteroatoms. The molecular formula is C37H43N7O5. The molecule has 0 radical (unpaired) electrons. The number of carbonyl (C=O) groups excluding carboxylic acids is 2. The average molecular weight is 666 g/mol. The number of aromatic nitrogens is 2. The van der Waals surface area contributed by atoms with Gasteiger partial charge in [-0.2, -0.15) is 0 Å². The zero-order valence-corrected chi connectivity index (χ0v) is 27.4. The monoisotopic (exact) mass is 665 g/mol. The van der Waals surface area contributed by atoms with Gasteiger partial charge in [-0.1, -0.05) is 48.5 Å². The minimum Gasteiger partial charge on any atom is -0.397 e. The van der Waals surface area contributed by atoms with Crippen LogP contribution in [0.2, 0.25) is 0 Å². The zero-order valence-electron chi connectivity index (χ0n) is 27.4. The molecule has 0 unspecified atom stereocenters. The summed E-state index contributed by atoms with van der Waals surface area (Å²) in [5, 5.41) is 15.3. The number of nitrogens with zero attached hydrogens (tertiary/aromatic N) is 4. The summed E-state index contributed by atoms with van der Waals surface area (Å²) in [4.78, 5) is 38.6. The van der Waals surface area contributed by atoms with Gasteiger partial charge >= 0.3 is 0 Å². The molecule has 5 N–H and O–H groups in total. The van der Waals surface area contributed by atoms with Gasteiger partial charge in [-0.05, 0) is 47.9 Å². The van der Waals surface area contributed by atoms with Crippen LogP contribution in [0.5, 0.6) is 0 Å². The molecule has 2 fully saturated rings. The molecule has 0 bridgehead atoms. The van der Waals surface area contributed by atoms with Crippen LogP contribution < -0.4 is 21.3 Å². The maximum atomic E-state index is 12.8. The lowest BCUT2D eigenvalue weighted by atomic mass is 9.99. The predicted octanol–water partition coefficient (Wildman–Crippen LogP) is 4.67. The van der Waals surface area contributed by atoms with Gasteiger partial charge in [-0.3, -0.25) is 14.5 Å². The molecule has 3 atom stereocenters. The van der Waals surface area contributed by atoms with E-state index in [0.29, 0.717) is 29.9 Å². The van der Waals surface area contributed by atoms with E-state index in [0.717, 1.165) is 55.4 Å². The molecule has 49 heavy (non-hydrogen) atoms. The van der Waals surface area contributed by atoms with Crippen LogP contribution in [-0.4, -0.2) is 70.6 Å². The minimum atomic E-state index is -0.647. The van der Waals surface area contributed by atoms with Crippen LogP contribution in [0.3, 0.4) is 0 Å². The Morgan fingerprint density at radius 1 is 0.837 bits per heavy atom. The predicted molar refractivity (Wildman–Crippen MR) is 188 cm³/mol. The van der Waals surface area contributed by atoms with Crippen molar-refractivity contribution in [1.82, 2.24) is 14.9 Å². The summed E-state index contributed by atoms with van der Waals surface area (Å²) in [6.45, 7) is 4.11. The number of carbonyl (C=O) groups is 2. The third-order valence-electron chi connectivity index (χ3n) is 8.77. The molecule has 2 aliphatic rings. The van der Waals surface area contributed by atoms with Gasteiger partial charge in [0, 0.05) is 75.6 Å². The van der Waals surface area contributed by atoms with Gasteiger partial charge < -0.3 is 35.8 Å². The van der Waals surface area contributed by atoms with Gasteiger partial charge in [0.15, 0.2) is 6.29 Å². The standard InChI is InChI=1S/C37H43N7O5/c38-31-8-1-2-9-32(31)42-35(47)11-4-10-34(46)41-29-7-3-6-28(22-29)36-48-30(23-33(49-36)27-14-12-26(25-45)13-15-27)24-43-18-20-44(21-19-43)37-39-16-5-17-40-37/h1-3,5-9,12-17,22,30,33,36,45H,4,10-11,18-21,23-25,38H2,(H,41,46)(H,42,47)/t30-,33+,36+/m0/s1. The number of hydrogen-bond acceptors (Lipinski definition) is 10. The zero-order chi connectivity index (χ0) is 34.0. The number of anilines is 4. The topological polar surface area (TPSA) is 155 Å². The van der Waals surface area contributed by atoms with E-state index in [1.807, 2.05) is 54.6 Å². The highest BCUT2D eigenvalue weighted by atomic mass is 16.7. The highest BCUT2D eigenvalue weighted by molar-refractivity contribution is 5.94. The van der Waals surface area contributed by atoms with Crippen molar-refractivity contribution < 1.29 is 24.2 Å². The molecule has 256 valence electrons. The molecule has 0 aliphatic carbocycles. The normalized spacial score (nSPS) is 19.7. The van der Waals surface area contributed by atoms with Gasteiger partial charge in [0.25, 0.3) is 0 Å². The molecular weight excluding hydrogens is 622 g/mol. The Balaban J connectivity index is 1.07. The maximum Gasteiger partial charge on any atom is 0.225 e. The fraction of sp³-hybridized carbons (Fsp3) is 0.351. The van der Waals surface area contributed by atoms with E-state index in [4.69, 9.17) is 15.2 Å². The number of para-hydroxylation sites is 2. The molecule has 2 saturated heterocycles. The second-order valence-corrected chi connectivity index (χ2v) is 12.3. The van der Waals surface area contributed by atoms with E-state index in [-0.39, 0.29) is 43.5 Å². The van der Waals surface area contributed by atoms with Crippen molar-refractivity contribution in [3.05, 3.63) is 108 Å². The van der Waals surface area contributed by atoms with Crippen LogP contribution in [0.25, 0.3) is 0 Å². The van der Waals surface area contributed by atoms with Crippen molar-refractivity contribution >= 4 is 34.8 Å². The van der Waals surface area contributed by atoms with Crippen molar-refractivity contribution in [1.29, 1.82) is 0 Å². The summed E-state index contributed by atoms with van der Waals surface area (Å²) >= 11 is 0. The Kier molecular flexibility index (Phi) is 11.4. The smallest absolute Gasteiger partial charge is 0.225 e. The van der Waals surface area contributed by atoms with Crippen LogP contribution in [0.15, 0.2) is 91.3 Å². The van der Waals surface area contributed by atoms with E-state index in [1.54, 1.807) is 36.7 Å². The van der Waals surface area contributed by atoms with Crippen LogP contribution in [0.4, 0.5) is 23.0 Å². The number of nitrogens with one attached hydrogen (secondary N) is 2. The van der Waals surface area contributed by atoms with Crippen molar-refractivity contribution in [3.8, 4) is 0 Å². The van der Waals surface area contributed by atoms with Crippen molar-refractivity contribution in [3.63, 3.8) is 0 Å². The van der Waals surface area contributed by atoms with E-state index in [2.05, 4.69) is 30.4 Å². The second-order valence-electron chi connectivity index (χ2n) is 12.3. The van der Waals surface area contributed by atoms with Gasteiger partial charge in [0.2, 0.25) is 17.8 Å². The summed E-state index contributed by atoms with van der Waals surface area (Å²) in [5.74, 6) is 0.373. The van der Waals surface area contributed by atoms with Gasteiger partial charge in [0.1, 0.15) is 0 Å². The van der Waals surface area contributed by atoms with E-state index >= 15 is 0 Å². The number of ether oxygens (including phenoxy) is 2. The quantitative estimate of drug-likeness (QED) is 0.157. The Bertz CT molecular complexity index is 1680. The first kappa shape index (κ1) is 34.0. The molecule has 1 aromatic heterocycles. The molecule has 0 spiro atoms. The Morgan fingerprint density at radius 3 is 2.31 bits per heavy atom. The highest BCUT2D eigenvalue weighted by Crippen LogP contribution is 2.39. The number of nitrogen functional groups attached to an aromatic ring is 1. The lowest BCUT2D eigenvalue weighted by Crippen LogP contribution is -2.50. The number of piperazine rings is 1. The summed E-state index contributed by atoms with van der Waals surface area (Å²) in [7, 11) is 0. The molecule has 2 amide bonds. The molecule has 12 nitrogen and oxygen atoms in total. The van der Waals surface area contributed by atoms with Crippen LogP contribution in [0, 0.1) is 0 Å². The second kappa shape index (κ2) is 16.5. The maximum absolute atomic E-state index is 12.8. The van der Waals surface area contributed by atoms with Crippen molar-refractivity contribution in [2.24, 2.45) is 0 Å². The summed E-state index contributed by atoms with van der Waals surface area (Å²) in [6, 6.07) is 24.2. The van der Waals surface area contributed by atoms with Gasteiger partial charge in [-0.25, -0.2) is 9.97 Å². The molecule has 6 rings (SSSR count). The number of aliphatic hydroxyl groups excluding tert-OH is 1. The lowest BCUT2D eigenvalue weighted by molar-refractivity contribution is -0.253. The number of rotatable bonds is 12. The van der Waals surface area contributed by atoms with Gasteiger partial charge in [-0.15, -0.1) is 0 Å². The van der Waals surface area contributed by atoms with E-state index < -0.39 is 6.29 Å². The number of nitrogens with two attached hydrogens (primary N) is 1. The van der Waals surface area contributed by atoms with E-state index in [1.165, 1.54) is 0 Å². The Hall–Kier alpha value is -4.88. The van der Waals surface area contributed by atoms with Crippen LogP contribution in [-0.2, 0) is 25.7 Å². The number of hydrogen-bond donors (Lipinski definition) is 4.